The highest BCUT2D eigenvalue weighted by Crippen LogP contribution is 2.15. The van der Waals surface area contributed by atoms with Crippen molar-refractivity contribution in [1.29, 1.82) is 0 Å². The molecule has 0 radical (unpaired) electrons. The largest absolute Gasteiger partial charge is 0.378 e. The van der Waals surface area contributed by atoms with E-state index in [2.05, 4.69) is 55.5 Å². The molecule has 1 aromatic carbocycles. The fourth-order valence-corrected chi connectivity index (χ4v) is 2.77. The number of benzene rings is 1. The molecule has 0 N–H and O–H groups in total. The van der Waals surface area contributed by atoms with Crippen molar-refractivity contribution in [2.45, 2.75) is 6.92 Å². The van der Waals surface area contributed by atoms with Crippen LogP contribution in [0.2, 0.25) is 0 Å². The zero-order valence-corrected chi connectivity index (χ0v) is 14.4. The summed E-state index contributed by atoms with van der Waals surface area (Å²) in [5, 5.41) is 14.2. The monoisotopic (exact) mass is 330 g/mol. The van der Waals surface area contributed by atoms with E-state index in [1.54, 1.807) is 10.7 Å². The van der Waals surface area contributed by atoms with Gasteiger partial charge in [0, 0.05) is 31.2 Å². The summed E-state index contributed by atoms with van der Waals surface area (Å²) in [5.74, 6) is 0.654. The summed E-state index contributed by atoms with van der Waals surface area (Å²) in [6.07, 6.45) is 3.83. The molecule has 0 aliphatic rings. The Balaban J connectivity index is 1.83. The molecule has 4 aromatic rings. The molecule has 0 fully saturated rings. The Morgan fingerprint density at radius 1 is 1.00 bits per heavy atom. The second-order valence-electron chi connectivity index (χ2n) is 6.10. The first kappa shape index (κ1) is 15.3. The van der Waals surface area contributed by atoms with Crippen LogP contribution in [0.4, 0.5) is 5.69 Å². The van der Waals surface area contributed by atoms with Crippen molar-refractivity contribution in [1.82, 2.24) is 24.8 Å². The average molecular weight is 330 g/mol. The van der Waals surface area contributed by atoms with Crippen molar-refractivity contribution in [3.05, 3.63) is 65.1 Å². The van der Waals surface area contributed by atoms with Crippen LogP contribution in [0.15, 0.2) is 48.7 Å². The summed E-state index contributed by atoms with van der Waals surface area (Å²) in [6.45, 7) is 1.98. The number of aryl methyl sites for hydroxylation is 1. The van der Waals surface area contributed by atoms with Gasteiger partial charge in [-0.15, -0.1) is 10.2 Å². The highest BCUT2D eigenvalue weighted by Gasteiger charge is 2.14. The molecule has 0 unspecified atom stereocenters. The zero-order chi connectivity index (χ0) is 17.4. The van der Waals surface area contributed by atoms with Crippen molar-refractivity contribution >= 4 is 17.4 Å². The Labute approximate surface area is 145 Å². The van der Waals surface area contributed by atoms with E-state index in [9.17, 15) is 0 Å². The molecule has 4 rings (SSSR count). The van der Waals surface area contributed by atoms with Gasteiger partial charge in [-0.3, -0.25) is 4.98 Å². The number of hydrogen-bond donors (Lipinski definition) is 0. The van der Waals surface area contributed by atoms with E-state index in [-0.39, 0.29) is 0 Å². The van der Waals surface area contributed by atoms with Gasteiger partial charge < -0.3 is 4.90 Å². The van der Waals surface area contributed by atoms with Gasteiger partial charge in [0.1, 0.15) is 5.69 Å². The highest BCUT2D eigenvalue weighted by molar-refractivity contribution is 5.62. The summed E-state index contributed by atoms with van der Waals surface area (Å²) in [5.41, 5.74) is 4.69. The van der Waals surface area contributed by atoms with Crippen LogP contribution in [0.1, 0.15) is 11.3 Å². The number of pyridine rings is 1. The molecule has 0 aliphatic carbocycles. The maximum atomic E-state index is 4.60. The number of rotatable bonds is 3. The lowest BCUT2D eigenvalue weighted by molar-refractivity contribution is 0.930. The molecule has 0 bridgehead atoms. The maximum absolute atomic E-state index is 4.60. The Morgan fingerprint density at radius 2 is 1.80 bits per heavy atom. The molecule has 3 heterocycles. The predicted molar refractivity (Wildman–Crippen MR) is 98.3 cm³/mol. The third kappa shape index (κ3) is 2.71. The van der Waals surface area contributed by atoms with E-state index >= 15 is 0 Å². The Kier molecular flexibility index (Phi) is 3.65. The molecule has 6 heteroatoms. The van der Waals surface area contributed by atoms with E-state index < -0.39 is 0 Å². The first-order valence-electron chi connectivity index (χ1n) is 8.06. The van der Waals surface area contributed by atoms with Crippen LogP contribution < -0.4 is 10.1 Å². The summed E-state index contributed by atoms with van der Waals surface area (Å²) in [6, 6.07) is 14.1. The number of fused-ring (bicyclic) bond motifs is 1. The van der Waals surface area contributed by atoms with Crippen molar-refractivity contribution in [2.24, 2.45) is 0 Å². The van der Waals surface area contributed by atoms with Crippen molar-refractivity contribution in [3.63, 3.8) is 0 Å². The van der Waals surface area contributed by atoms with Crippen LogP contribution in [0.25, 0.3) is 23.2 Å². The fourth-order valence-electron chi connectivity index (χ4n) is 2.77. The van der Waals surface area contributed by atoms with Gasteiger partial charge in [-0.2, -0.15) is 9.61 Å². The third-order valence-corrected chi connectivity index (χ3v) is 4.14. The van der Waals surface area contributed by atoms with Crippen molar-refractivity contribution in [3.8, 4) is 11.5 Å². The lowest BCUT2D eigenvalue weighted by Gasteiger charge is -2.11. The summed E-state index contributed by atoms with van der Waals surface area (Å²) in [4.78, 5) is 6.42. The quantitative estimate of drug-likeness (QED) is 0.576. The van der Waals surface area contributed by atoms with Crippen LogP contribution >= 0.6 is 0 Å². The molecule has 0 aliphatic heterocycles. The van der Waals surface area contributed by atoms with Gasteiger partial charge >= 0.3 is 0 Å². The summed E-state index contributed by atoms with van der Waals surface area (Å²) < 4.78 is 1.76. The molecule has 0 saturated heterocycles. The number of nitrogens with zero attached hydrogens (tertiary/aromatic N) is 6. The number of hydrogen-bond acceptors (Lipinski definition) is 5. The predicted octanol–water partition coefficient (Wildman–Crippen LogP) is 2.11. The SMILES string of the molecule is Cc1nn2c(-c3ccccn3)nnc2c1=Cc1ccc(N(C)C)cc1. The molecule has 6 nitrogen and oxygen atoms in total. The van der Waals surface area contributed by atoms with Crippen LogP contribution in [0.3, 0.4) is 0 Å². The minimum atomic E-state index is 0.654. The summed E-state index contributed by atoms with van der Waals surface area (Å²) >= 11 is 0. The van der Waals surface area contributed by atoms with Gasteiger partial charge in [-0.05, 0) is 42.8 Å². The first-order valence-corrected chi connectivity index (χ1v) is 8.06. The van der Waals surface area contributed by atoms with E-state index in [0.717, 1.165) is 27.8 Å². The van der Waals surface area contributed by atoms with E-state index in [1.165, 1.54) is 5.69 Å². The maximum Gasteiger partial charge on any atom is 0.203 e. The molecule has 0 atom stereocenters. The number of anilines is 1. The minimum absolute atomic E-state index is 0.654. The average Bonchev–Trinajstić information content (AvgIpc) is 3.16. The summed E-state index contributed by atoms with van der Waals surface area (Å²) in [7, 11) is 4.06. The first-order chi connectivity index (χ1) is 12.1. The molecule has 25 heavy (non-hydrogen) atoms. The smallest absolute Gasteiger partial charge is 0.203 e. The van der Waals surface area contributed by atoms with Gasteiger partial charge in [-0.1, -0.05) is 18.2 Å². The van der Waals surface area contributed by atoms with Crippen LogP contribution in [0.5, 0.6) is 0 Å². The molecular formula is C19H18N6. The topological polar surface area (TPSA) is 59.2 Å². The molecule has 0 spiro atoms. The molecule has 3 aromatic heterocycles. The van der Waals surface area contributed by atoms with E-state index in [4.69, 9.17) is 0 Å². The Morgan fingerprint density at radius 3 is 2.48 bits per heavy atom. The highest BCUT2D eigenvalue weighted by atomic mass is 15.4. The molecule has 0 amide bonds. The second kappa shape index (κ2) is 5.98. The van der Waals surface area contributed by atoms with E-state index in [0.29, 0.717) is 5.82 Å². The van der Waals surface area contributed by atoms with Crippen molar-refractivity contribution in [2.75, 3.05) is 19.0 Å². The Hall–Kier alpha value is -3.28. The van der Waals surface area contributed by atoms with Crippen LogP contribution in [0, 0.1) is 6.92 Å². The molecule has 124 valence electrons. The Bertz CT molecular complexity index is 1060. The lowest BCUT2D eigenvalue weighted by atomic mass is 10.1. The normalized spacial score (nSPS) is 12.0. The van der Waals surface area contributed by atoms with Gasteiger partial charge in [0.05, 0.1) is 5.69 Å². The minimum Gasteiger partial charge on any atom is -0.378 e. The number of aromatic nitrogens is 5. The van der Waals surface area contributed by atoms with Crippen LogP contribution in [-0.2, 0) is 0 Å². The fraction of sp³-hybridized carbons (Fsp3) is 0.158. The molecular weight excluding hydrogens is 312 g/mol. The third-order valence-electron chi connectivity index (χ3n) is 4.14. The van der Waals surface area contributed by atoms with Gasteiger partial charge in [-0.25, -0.2) is 0 Å². The standard InChI is InChI=1S/C19H18N6/c1-13-16(12-14-7-9-15(10-8-14)24(2)3)18-21-22-19(25(18)23-13)17-6-4-5-11-20-17/h4-12H,1-3H3. The van der Waals surface area contributed by atoms with Crippen LogP contribution in [-0.4, -0.2) is 38.9 Å². The zero-order valence-electron chi connectivity index (χ0n) is 14.4. The van der Waals surface area contributed by atoms with Gasteiger partial charge in [0.25, 0.3) is 0 Å². The van der Waals surface area contributed by atoms with E-state index in [1.807, 2.05) is 39.2 Å². The lowest BCUT2D eigenvalue weighted by Crippen LogP contribution is -2.08. The van der Waals surface area contributed by atoms with Gasteiger partial charge in [0.15, 0.2) is 5.65 Å². The van der Waals surface area contributed by atoms with Crippen molar-refractivity contribution < 1.29 is 0 Å². The second-order valence-corrected chi connectivity index (χ2v) is 6.10. The molecule has 0 saturated carbocycles. The van der Waals surface area contributed by atoms with Gasteiger partial charge in [0.2, 0.25) is 5.82 Å².